The maximum absolute atomic E-state index is 12.4. The molecule has 1 saturated heterocycles. The minimum absolute atomic E-state index is 0.148. The molecule has 2 heterocycles. The summed E-state index contributed by atoms with van der Waals surface area (Å²) in [4.78, 5) is 41.2. The number of fused-ring (bicyclic) bond motifs is 1. The molecule has 152 valence electrons. The number of nitrogens with zero attached hydrogens (tertiary/aromatic N) is 2. The second kappa shape index (κ2) is 9.80. The lowest BCUT2D eigenvalue weighted by Crippen LogP contribution is -2.43. The topological polar surface area (TPSA) is 87.6 Å². The number of hydrogen-bond acceptors (Lipinski definition) is 4. The summed E-state index contributed by atoms with van der Waals surface area (Å²) in [6, 6.07) is 4.37. The number of aromatic nitrogens is 1. The summed E-state index contributed by atoms with van der Waals surface area (Å²) in [6.07, 6.45) is 9.81. The predicted molar refractivity (Wildman–Crippen MR) is 105 cm³/mol. The molecule has 1 aliphatic heterocycles. The number of likely N-dealkylation sites (tertiary alicyclic amines) is 1. The smallest absolute Gasteiger partial charge is 0.323 e. The van der Waals surface area contributed by atoms with Crippen molar-refractivity contribution in [2.24, 2.45) is 5.92 Å². The second-order valence-corrected chi connectivity index (χ2v) is 8.04. The van der Waals surface area contributed by atoms with Gasteiger partial charge in [-0.2, -0.15) is 0 Å². The van der Waals surface area contributed by atoms with Crippen molar-refractivity contribution in [2.75, 3.05) is 13.1 Å². The first-order valence-corrected chi connectivity index (χ1v) is 10.5. The number of pyridine rings is 1. The molecule has 1 N–H and O–H groups in total. The first-order valence-electron chi connectivity index (χ1n) is 10.5. The fourth-order valence-electron chi connectivity index (χ4n) is 4.24. The standard InChI is InChI=1S/C22H30N2O4/c25-20(17-12-13-24(15-22(27)28)21(26)14-17)9-3-1-2-7-18-11-10-16-6-4-5-8-19(16)23-18/h10-11,17H,1-9,12-15H2,(H,27,28). The van der Waals surface area contributed by atoms with Crippen LogP contribution in [0.1, 0.15) is 68.3 Å². The molecule has 3 rings (SSSR count). The number of carboxylic acid groups (broad SMARTS) is 1. The van der Waals surface area contributed by atoms with Crippen molar-refractivity contribution in [1.82, 2.24) is 9.88 Å². The number of piperidine rings is 1. The number of carboxylic acids is 1. The molecule has 1 amide bonds. The van der Waals surface area contributed by atoms with Gasteiger partial charge in [-0.05, 0) is 63.0 Å². The van der Waals surface area contributed by atoms with Crippen LogP contribution in [0, 0.1) is 5.92 Å². The zero-order chi connectivity index (χ0) is 19.9. The highest BCUT2D eigenvalue weighted by molar-refractivity contribution is 5.89. The van der Waals surface area contributed by atoms with Crippen LogP contribution in [-0.2, 0) is 33.6 Å². The van der Waals surface area contributed by atoms with Crippen molar-refractivity contribution < 1.29 is 19.5 Å². The lowest BCUT2D eigenvalue weighted by Gasteiger charge is -2.29. The highest BCUT2D eigenvalue weighted by atomic mass is 16.4. The van der Waals surface area contributed by atoms with Gasteiger partial charge >= 0.3 is 5.97 Å². The van der Waals surface area contributed by atoms with Gasteiger partial charge in [0.1, 0.15) is 12.3 Å². The van der Waals surface area contributed by atoms with Crippen LogP contribution in [0.2, 0.25) is 0 Å². The van der Waals surface area contributed by atoms with E-state index in [1.54, 1.807) is 0 Å². The zero-order valence-corrected chi connectivity index (χ0v) is 16.5. The van der Waals surface area contributed by atoms with Gasteiger partial charge in [0.05, 0.1) is 0 Å². The number of amides is 1. The number of hydrogen-bond donors (Lipinski definition) is 1. The van der Waals surface area contributed by atoms with Crippen molar-refractivity contribution in [3.8, 4) is 0 Å². The van der Waals surface area contributed by atoms with Gasteiger partial charge in [-0.25, -0.2) is 0 Å². The fraction of sp³-hybridized carbons (Fsp3) is 0.636. The molecule has 1 fully saturated rings. The van der Waals surface area contributed by atoms with Gasteiger partial charge in [0.25, 0.3) is 0 Å². The van der Waals surface area contributed by atoms with E-state index in [1.807, 2.05) is 0 Å². The number of carbonyl (C=O) groups is 3. The quantitative estimate of drug-likeness (QED) is 0.659. The van der Waals surface area contributed by atoms with E-state index >= 15 is 0 Å². The maximum atomic E-state index is 12.4. The van der Waals surface area contributed by atoms with Crippen LogP contribution in [0.4, 0.5) is 0 Å². The molecule has 6 nitrogen and oxygen atoms in total. The molecule has 1 aliphatic carbocycles. The summed E-state index contributed by atoms with van der Waals surface area (Å²) >= 11 is 0. The molecular formula is C22H30N2O4. The third-order valence-corrected chi connectivity index (χ3v) is 5.89. The lowest BCUT2D eigenvalue weighted by molar-refractivity contribution is -0.147. The van der Waals surface area contributed by atoms with Crippen LogP contribution in [0.5, 0.6) is 0 Å². The van der Waals surface area contributed by atoms with Crippen molar-refractivity contribution in [3.05, 3.63) is 29.1 Å². The van der Waals surface area contributed by atoms with E-state index in [-0.39, 0.29) is 30.6 Å². The van der Waals surface area contributed by atoms with Crippen molar-refractivity contribution in [2.45, 2.75) is 70.6 Å². The Hall–Kier alpha value is -2.24. The third-order valence-electron chi connectivity index (χ3n) is 5.89. The monoisotopic (exact) mass is 386 g/mol. The van der Waals surface area contributed by atoms with Gasteiger partial charge in [-0.3, -0.25) is 19.4 Å². The number of aryl methyl sites for hydroxylation is 3. The van der Waals surface area contributed by atoms with Gasteiger partial charge in [-0.15, -0.1) is 0 Å². The molecule has 0 saturated carbocycles. The molecule has 0 bridgehead atoms. The van der Waals surface area contributed by atoms with Crippen LogP contribution in [0.3, 0.4) is 0 Å². The normalized spacial score (nSPS) is 19.4. The Morgan fingerprint density at radius 3 is 2.75 bits per heavy atom. The second-order valence-electron chi connectivity index (χ2n) is 8.04. The van der Waals surface area contributed by atoms with Crippen LogP contribution in [-0.4, -0.2) is 45.7 Å². The first kappa shape index (κ1) is 20.5. The van der Waals surface area contributed by atoms with Gasteiger partial charge in [0, 0.05) is 36.7 Å². The van der Waals surface area contributed by atoms with Gasteiger partial charge in [0.2, 0.25) is 5.91 Å². The number of rotatable bonds is 9. The Bertz CT molecular complexity index is 731. The van der Waals surface area contributed by atoms with E-state index in [2.05, 4.69) is 12.1 Å². The molecule has 1 aromatic rings. The molecular weight excluding hydrogens is 356 g/mol. The highest BCUT2D eigenvalue weighted by Crippen LogP contribution is 2.22. The number of aliphatic carboxylic acids is 1. The third kappa shape index (κ3) is 5.63. The summed E-state index contributed by atoms with van der Waals surface area (Å²) in [5.41, 5.74) is 3.84. The van der Waals surface area contributed by atoms with E-state index < -0.39 is 5.97 Å². The van der Waals surface area contributed by atoms with Crippen LogP contribution >= 0.6 is 0 Å². The van der Waals surface area contributed by atoms with E-state index in [0.717, 1.165) is 44.2 Å². The molecule has 2 aliphatic rings. The highest BCUT2D eigenvalue weighted by Gasteiger charge is 2.30. The largest absolute Gasteiger partial charge is 0.480 e. The lowest BCUT2D eigenvalue weighted by atomic mass is 9.89. The van der Waals surface area contributed by atoms with Crippen molar-refractivity contribution >= 4 is 17.7 Å². The first-order chi connectivity index (χ1) is 13.5. The summed E-state index contributed by atoms with van der Waals surface area (Å²) in [7, 11) is 0. The average molecular weight is 386 g/mol. The number of unbranched alkanes of at least 4 members (excludes halogenated alkanes) is 2. The van der Waals surface area contributed by atoms with Gasteiger partial charge in [0.15, 0.2) is 0 Å². The fourth-order valence-corrected chi connectivity index (χ4v) is 4.24. The summed E-state index contributed by atoms with van der Waals surface area (Å²) < 4.78 is 0. The molecule has 28 heavy (non-hydrogen) atoms. The van der Waals surface area contributed by atoms with Crippen LogP contribution < -0.4 is 0 Å². The zero-order valence-electron chi connectivity index (χ0n) is 16.5. The van der Waals surface area contributed by atoms with E-state index in [9.17, 15) is 14.4 Å². The number of Topliss-reactive ketones (excluding diaryl/α,β-unsaturated/α-hetero) is 1. The minimum Gasteiger partial charge on any atom is -0.480 e. The molecule has 1 atom stereocenters. The summed E-state index contributed by atoms with van der Waals surface area (Å²) in [5.74, 6) is -1.31. The van der Waals surface area contributed by atoms with Crippen molar-refractivity contribution in [3.63, 3.8) is 0 Å². The maximum Gasteiger partial charge on any atom is 0.323 e. The average Bonchev–Trinajstić information content (AvgIpc) is 2.68. The summed E-state index contributed by atoms with van der Waals surface area (Å²) in [6.45, 7) is 0.0992. The SMILES string of the molecule is O=C(O)CN1CCC(C(=O)CCCCCc2ccc3c(n2)CCCC3)CC1=O. The van der Waals surface area contributed by atoms with E-state index in [1.165, 1.54) is 29.0 Å². The Morgan fingerprint density at radius 2 is 1.96 bits per heavy atom. The predicted octanol–water partition coefficient (Wildman–Crippen LogP) is 2.96. The van der Waals surface area contributed by atoms with E-state index in [4.69, 9.17) is 10.1 Å². The molecule has 1 unspecified atom stereocenters. The van der Waals surface area contributed by atoms with Gasteiger partial charge in [-0.1, -0.05) is 12.5 Å². The Morgan fingerprint density at radius 1 is 1.14 bits per heavy atom. The molecule has 0 radical (unpaired) electrons. The Kier molecular flexibility index (Phi) is 7.18. The Balaban J connectivity index is 1.34. The molecule has 6 heteroatoms. The van der Waals surface area contributed by atoms with Crippen molar-refractivity contribution in [1.29, 1.82) is 0 Å². The number of ketones is 1. The van der Waals surface area contributed by atoms with Gasteiger partial charge < -0.3 is 10.0 Å². The molecule has 0 spiro atoms. The minimum atomic E-state index is -1.01. The van der Waals surface area contributed by atoms with E-state index in [0.29, 0.717) is 19.4 Å². The van der Waals surface area contributed by atoms with Crippen LogP contribution in [0.25, 0.3) is 0 Å². The van der Waals surface area contributed by atoms with Crippen LogP contribution in [0.15, 0.2) is 12.1 Å². The molecule has 1 aromatic heterocycles. The molecule has 0 aromatic carbocycles. The Labute approximate surface area is 166 Å². The number of carbonyl (C=O) groups excluding carboxylic acids is 2. The summed E-state index contributed by atoms with van der Waals surface area (Å²) in [5, 5.41) is 8.80.